The molecule has 1 amide bonds. The number of amides is 1. The van der Waals surface area contributed by atoms with E-state index in [1.54, 1.807) is 6.92 Å². The van der Waals surface area contributed by atoms with Crippen molar-refractivity contribution in [1.29, 1.82) is 0 Å². The van der Waals surface area contributed by atoms with Crippen LogP contribution in [0.15, 0.2) is 32.8 Å². The summed E-state index contributed by atoms with van der Waals surface area (Å²) in [6.45, 7) is 3.48. The number of nitro groups is 1. The lowest BCUT2D eigenvalue weighted by atomic mass is 10.2. The minimum Gasteiger partial charge on any atom is -0.392 e. The third-order valence-corrected chi connectivity index (χ3v) is 4.89. The molecule has 1 unspecified atom stereocenters. The molecule has 23 heavy (non-hydrogen) atoms. The Balaban J connectivity index is 2.24. The number of carbonyl (C=O) groups is 1. The fourth-order valence-corrected chi connectivity index (χ4v) is 3.58. The third-order valence-electron chi connectivity index (χ3n) is 2.77. The molecular formula is C14H15N3O4S2. The van der Waals surface area contributed by atoms with E-state index in [0.29, 0.717) is 9.24 Å². The van der Waals surface area contributed by atoms with Crippen LogP contribution < -0.4 is 5.32 Å². The Labute approximate surface area is 140 Å². The predicted octanol–water partition coefficient (Wildman–Crippen LogP) is 2.62. The zero-order valence-electron chi connectivity index (χ0n) is 12.5. The molecule has 0 aliphatic rings. The number of benzene rings is 1. The second kappa shape index (κ2) is 7.53. The molecule has 1 atom stereocenters. The van der Waals surface area contributed by atoms with Gasteiger partial charge in [-0.05, 0) is 26.0 Å². The number of thiazole rings is 1. The third kappa shape index (κ3) is 4.75. The van der Waals surface area contributed by atoms with Gasteiger partial charge in [0.2, 0.25) is 0 Å². The number of nitrogens with zero attached hydrogens (tertiary/aromatic N) is 2. The second-order valence-electron chi connectivity index (χ2n) is 4.86. The van der Waals surface area contributed by atoms with Crippen molar-refractivity contribution < 1.29 is 14.8 Å². The molecular weight excluding hydrogens is 338 g/mol. The van der Waals surface area contributed by atoms with Crippen molar-refractivity contribution >= 4 is 34.7 Å². The molecule has 0 saturated heterocycles. The number of carbonyl (C=O) groups excluding carboxylic acids is 1. The number of nitrogens with one attached hydrogen (secondary N) is 1. The van der Waals surface area contributed by atoms with Crippen molar-refractivity contribution in [2.45, 2.75) is 29.2 Å². The van der Waals surface area contributed by atoms with Crippen LogP contribution in [0.1, 0.15) is 23.0 Å². The van der Waals surface area contributed by atoms with Gasteiger partial charge in [-0.3, -0.25) is 14.9 Å². The molecule has 1 aromatic carbocycles. The standard InChI is InChI=1S/C14H15N3O4S2/c1-8-7-22-14(16-8)23-12-4-3-10(5-11(12)17(20)21)13(19)15-6-9(2)18/h3-5,7,9,18H,6H2,1-2H3,(H,15,19). The summed E-state index contributed by atoms with van der Waals surface area (Å²) in [5, 5.41) is 24.8. The molecule has 0 radical (unpaired) electrons. The summed E-state index contributed by atoms with van der Waals surface area (Å²) in [6, 6.07) is 4.30. The number of aromatic nitrogens is 1. The summed E-state index contributed by atoms with van der Waals surface area (Å²) in [5.41, 5.74) is 0.888. The Morgan fingerprint density at radius 3 is 2.87 bits per heavy atom. The number of nitro benzene ring substituents is 1. The number of hydrogen-bond donors (Lipinski definition) is 2. The quantitative estimate of drug-likeness (QED) is 0.611. The molecule has 0 aliphatic carbocycles. The Morgan fingerprint density at radius 1 is 1.57 bits per heavy atom. The fraction of sp³-hybridized carbons (Fsp3) is 0.286. The van der Waals surface area contributed by atoms with E-state index < -0.39 is 16.9 Å². The summed E-state index contributed by atoms with van der Waals surface area (Å²) in [5.74, 6) is -0.462. The van der Waals surface area contributed by atoms with E-state index in [1.807, 2.05) is 12.3 Å². The molecule has 0 fully saturated rings. The van der Waals surface area contributed by atoms with Gasteiger partial charge in [-0.15, -0.1) is 11.3 Å². The van der Waals surface area contributed by atoms with Crippen molar-refractivity contribution in [2.75, 3.05) is 6.54 Å². The van der Waals surface area contributed by atoms with Crippen LogP contribution in [0.25, 0.3) is 0 Å². The molecule has 2 N–H and O–H groups in total. The molecule has 0 spiro atoms. The normalized spacial score (nSPS) is 12.0. The number of hydrogen-bond acceptors (Lipinski definition) is 7. The summed E-state index contributed by atoms with van der Waals surface area (Å²) >= 11 is 2.60. The monoisotopic (exact) mass is 353 g/mol. The summed E-state index contributed by atoms with van der Waals surface area (Å²) in [7, 11) is 0. The van der Waals surface area contributed by atoms with E-state index in [2.05, 4.69) is 10.3 Å². The van der Waals surface area contributed by atoms with Crippen molar-refractivity contribution in [3.05, 3.63) is 45.0 Å². The minimum atomic E-state index is -0.683. The molecule has 2 rings (SSSR count). The van der Waals surface area contributed by atoms with Gasteiger partial charge in [-0.2, -0.15) is 0 Å². The Hall–Kier alpha value is -1.97. The maximum Gasteiger partial charge on any atom is 0.284 e. The zero-order chi connectivity index (χ0) is 17.0. The maximum atomic E-state index is 11.9. The average Bonchev–Trinajstić information content (AvgIpc) is 2.90. The number of aliphatic hydroxyl groups excluding tert-OH is 1. The first-order valence-electron chi connectivity index (χ1n) is 6.71. The van der Waals surface area contributed by atoms with Crippen LogP contribution in [0, 0.1) is 17.0 Å². The first-order valence-corrected chi connectivity index (χ1v) is 8.41. The SMILES string of the molecule is Cc1csc(Sc2ccc(C(=O)NCC(C)O)cc2[N+](=O)[O-])n1. The van der Waals surface area contributed by atoms with Crippen LogP contribution in [0.4, 0.5) is 5.69 Å². The summed E-state index contributed by atoms with van der Waals surface area (Å²) < 4.78 is 0.705. The molecule has 0 bridgehead atoms. The first kappa shape index (κ1) is 17.4. The summed E-state index contributed by atoms with van der Waals surface area (Å²) in [6.07, 6.45) is -0.683. The van der Waals surface area contributed by atoms with Crippen LogP contribution >= 0.6 is 23.1 Å². The van der Waals surface area contributed by atoms with Crippen molar-refractivity contribution in [1.82, 2.24) is 10.3 Å². The molecule has 1 aromatic heterocycles. The van der Waals surface area contributed by atoms with Crippen LogP contribution in [-0.4, -0.2) is 33.6 Å². The molecule has 2 aromatic rings. The maximum absolute atomic E-state index is 11.9. The molecule has 0 aliphatic heterocycles. The average molecular weight is 353 g/mol. The lowest BCUT2D eigenvalue weighted by Crippen LogP contribution is -2.30. The van der Waals surface area contributed by atoms with Crippen LogP contribution in [0.2, 0.25) is 0 Å². The number of rotatable bonds is 6. The van der Waals surface area contributed by atoms with Crippen LogP contribution in [0.5, 0.6) is 0 Å². The highest BCUT2D eigenvalue weighted by Gasteiger charge is 2.19. The molecule has 9 heteroatoms. The molecule has 0 saturated carbocycles. The summed E-state index contributed by atoms with van der Waals surface area (Å²) in [4.78, 5) is 27.4. The predicted molar refractivity (Wildman–Crippen MR) is 88.1 cm³/mol. The minimum absolute atomic E-state index is 0.0848. The van der Waals surface area contributed by atoms with Gasteiger partial charge in [0.25, 0.3) is 11.6 Å². The van der Waals surface area contributed by atoms with Gasteiger partial charge in [0.05, 0.1) is 15.9 Å². The van der Waals surface area contributed by atoms with E-state index in [4.69, 9.17) is 5.11 Å². The van der Waals surface area contributed by atoms with Gasteiger partial charge in [0, 0.05) is 29.2 Å². The van der Waals surface area contributed by atoms with E-state index >= 15 is 0 Å². The Bertz CT molecular complexity index is 731. The molecule has 7 nitrogen and oxygen atoms in total. The van der Waals surface area contributed by atoms with Gasteiger partial charge in [0.15, 0.2) is 4.34 Å². The largest absolute Gasteiger partial charge is 0.392 e. The van der Waals surface area contributed by atoms with Crippen molar-refractivity contribution in [3.63, 3.8) is 0 Å². The van der Waals surface area contributed by atoms with E-state index in [1.165, 1.54) is 41.3 Å². The van der Waals surface area contributed by atoms with Crippen LogP contribution in [-0.2, 0) is 0 Å². The molecule has 1 heterocycles. The van der Waals surface area contributed by atoms with Crippen molar-refractivity contribution in [2.24, 2.45) is 0 Å². The highest BCUT2D eigenvalue weighted by Crippen LogP contribution is 2.36. The van der Waals surface area contributed by atoms with E-state index in [9.17, 15) is 14.9 Å². The number of aryl methyl sites for hydroxylation is 1. The van der Waals surface area contributed by atoms with E-state index in [0.717, 1.165) is 5.69 Å². The van der Waals surface area contributed by atoms with Crippen molar-refractivity contribution in [3.8, 4) is 0 Å². The Morgan fingerprint density at radius 2 is 2.30 bits per heavy atom. The molecule has 122 valence electrons. The lowest BCUT2D eigenvalue weighted by molar-refractivity contribution is -0.387. The second-order valence-corrected chi connectivity index (χ2v) is 7.00. The van der Waals surface area contributed by atoms with Gasteiger partial charge in [-0.25, -0.2) is 4.98 Å². The number of aliphatic hydroxyl groups is 1. The zero-order valence-corrected chi connectivity index (χ0v) is 14.1. The Kier molecular flexibility index (Phi) is 5.69. The lowest BCUT2D eigenvalue weighted by Gasteiger charge is -2.08. The van der Waals surface area contributed by atoms with Gasteiger partial charge >= 0.3 is 0 Å². The fourth-order valence-electron chi connectivity index (χ4n) is 1.70. The van der Waals surface area contributed by atoms with Gasteiger partial charge < -0.3 is 10.4 Å². The van der Waals surface area contributed by atoms with E-state index in [-0.39, 0.29) is 17.8 Å². The highest BCUT2D eigenvalue weighted by atomic mass is 32.2. The van der Waals surface area contributed by atoms with Gasteiger partial charge in [0.1, 0.15) is 0 Å². The first-order chi connectivity index (χ1) is 10.9. The van der Waals surface area contributed by atoms with Gasteiger partial charge in [-0.1, -0.05) is 11.8 Å². The smallest absolute Gasteiger partial charge is 0.284 e. The highest BCUT2D eigenvalue weighted by molar-refractivity contribution is 8.01. The topological polar surface area (TPSA) is 105 Å². The van der Waals surface area contributed by atoms with Crippen LogP contribution in [0.3, 0.4) is 0 Å².